The van der Waals surface area contributed by atoms with E-state index in [1.807, 2.05) is 28.9 Å². The quantitative estimate of drug-likeness (QED) is 0.576. The van der Waals surface area contributed by atoms with Crippen LogP contribution in [0.5, 0.6) is 5.75 Å². The molecule has 0 aliphatic rings. The van der Waals surface area contributed by atoms with Crippen molar-refractivity contribution in [2.24, 2.45) is 0 Å². The molecule has 0 bridgehead atoms. The lowest BCUT2D eigenvalue weighted by Crippen LogP contribution is -2.15. The van der Waals surface area contributed by atoms with Crippen molar-refractivity contribution in [3.63, 3.8) is 0 Å². The van der Waals surface area contributed by atoms with Gasteiger partial charge in [0.1, 0.15) is 11.6 Å². The van der Waals surface area contributed by atoms with Crippen LogP contribution in [0.1, 0.15) is 5.56 Å². The highest BCUT2D eigenvalue weighted by molar-refractivity contribution is 5.94. The highest BCUT2D eigenvalue weighted by Gasteiger charge is 2.13. The monoisotopic (exact) mass is 376 g/mol. The lowest BCUT2D eigenvalue weighted by Gasteiger charge is -2.12. The third-order valence-corrected chi connectivity index (χ3v) is 4.31. The number of carbonyl (C=O) groups is 1. The molecule has 2 aromatic carbocycles. The molecule has 28 heavy (non-hydrogen) atoms. The van der Waals surface area contributed by atoms with Crippen molar-refractivity contribution in [3.05, 3.63) is 78.5 Å². The summed E-state index contributed by atoms with van der Waals surface area (Å²) in [6, 6.07) is 13.4. The number of methoxy groups -OCH3 is 1. The lowest BCUT2D eigenvalue weighted by atomic mass is 10.1. The molecule has 0 saturated carbocycles. The molecule has 4 aromatic rings. The number of rotatable bonds is 5. The summed E-state index contributed by atoms with van der Waals surface area (Å²) in [7, 11) is 1.52. The van der Waals surface area contributed by atoms with E-state index in [0.717, 1.165) is 5.56 Å². The molecule has 1 N–H and O–H groups in total. The summed E-state index contributed by atoms with van der Waals surface area (Å²) in [6.45, 7) is 0. The molecule has 2 heterocycles. The molecule has 140 valence electrons. The van der Waals surface area contributed by atoms with Gasteiger partial charge in [-0.05, 0) is 35.9 Å². The van der Waals surface area contributed by atoms with E-state index >= 15 is 0 Å². The first kappa shape index (κ1) is 17.7. The van der Waals surface area contributed by atoms with E-state index in [2.05, 4.69) is 15.3 Å². The van der Waals surface area contributed by atoms with Crippen molar-refractivity contribution >= 4 is 17.4 Å². The van der Waals surface area contributed by atoms with Crippen LogP contribution in [0.15, 0.2) is 67.1 Å². The van der Waals surface area contributed by atoms with Crippen LogP contribution < -0.4 is 10.1 Å². The maximum Gasteiger partial charge on any atom is 0.234 e. The zero-order chi connectivity index (χ0) is 19.5. The molecule has 0 radical (unpaired) electrons. The average molecular weight is 376 g/mol. The number of halogens is 1. The standard InChI is InChI=1S/C21H17FN4O2/c1-28-19-8-7-15(18-13-26-10-4-9-23-21(26)25-18)11-17(19)24-20(27)12-14-5-2-3-6-16(14)22/h2-11,13H,12H2,1H3,(H,24,27). The topological polar surface area (TPSA) is 68.5 Å². The van der Waals surface area contributed by atoms with Gasteiger partial charge in [-0.25, -0.2) is 14.4 Å². The number of hydrogen-bond donors (Lipinski definition) is 1. The Morgan fingerprint density at radius 2 is 2.07 bits per heavy atom. The Labute approximate surface area is 160 Å². The van der Waals surface area contributed by atoms with Crippen LogP contribution in [-0.2, 0) is 11.2 Å². The summed E-state index contributed by atoms with van der Waals surface area (Å²) in [4.78, 5) is 21.1. The zero-order valence-electron chi connectivity index (χ0n) is 15.1. The van der Waals surface area contributed by atoms with E-state index in [9.17, 15) is 9.18 Å². The van der Waals surface area contributed by atoms with Gasteiger partial charge >= 0.3 is 0 Å². The number of carbonyl (C=O) groups excluding carboxylic acids is 1. The number of nitrogens with one attached hydrogen (secondary N) is 1. The predicted octanol–water partition coefficient (Wildman–Crippen LogP) is 3.73. The molecular weight excluding hydrogens is 359 g/mol. The van der Waals surface area contributed by atoms with Crippen molar-refractivity contribution in [3.8, 4) is 17.0 Å². The SMILES string of the molecule is COc1ccc(-c2cn3cccnc3n2)cc1NC(=O)Cc1ccccc1F. The second-order valence-corrected chi connectivity index (χ2v) is 6.18. The average Bonchev–Trinajstić information content (AvgIpc) is 3.14. The number of benzene rings is 2. The number of nitrogens with zero attached hydrogens (tertiary/aromatic N) is 3. The highest BCUT2D eigenvalue weighted by atomic mass is 19.1. The number of ether oxygens (including phenoxy) is 1. The molecule has 4 rings (SSSR count). The van der Waals surface area contributed by atoms with Crippen LogP contribution in [0.25, 0.3) is 17.0 Å². The normalized spacial score (nSPS) is 10.8. The van der Waals surface area contributed by atoms with Crippen LogP contribution in [0, 0.1) is 5.82 Å². The molecule has 0 aliphatic carbocycles. The molecule has 0 fully saturated rings. The Morgan fingerprint density at radius 1 is 1.21 bits per heavy atom. The van der Waals surface area contributed by atoms with Crippen LogP contribution >= 0.6 is 0 Å². The third-order valence-electron chi connectivity index (χ3n) is 4.31. The molecule has 6 nitrogen and oxygen atoms in total. The first-order valence-corrected chi connectivity index (χ1v) is 8.65. The smallest absolute Gasteiger partial charge is 0.234 e. The molecule has 0 atom stereocenters. The minimum Gasteiger partial charge on any atom is -0.495 e. The Morgan fingerprint density at radius 3 is 2.86 bits per heavy atom. The van der Waals surface area contributed by atoms with Crippen LogP contribution in [0.3, 0.4) is 0 Å². The second kappa shape index (κ2) is 7.48. The number of anilines is 1. The van der Waals surface area contributed by atoms with Gasteiger partial charge in [-0.2, -0.15) is 0 Å². The molecule has 0 spiro atoms. The molecule has 0 aliphatic heterocycles. The Balaban J connectivity index is 1.61. The van der Waals surface area contributed by atoms with Crippen molar-refractivity contribution in [2.45, 2.75) is 6.42 Å². The van der Waals surface area contributed by atoms with E-state index < -0.39 is 5.82 Å². The zero-order valence-corrected chi connectivity index (χ0v) is 15.1. The van der Waals surface area contributed by atoms with Gasteiger partial charge in [0.05, 0.1) is 24.9 Å². The van der Waals surface area contributed by atoms with E-state index in [1.165, 1.54) is 13.2 Å². The van der Waals surface area contributed by atoms with Crippen molar-refractivity contribution in [1.29, 1.82) is 0 Å². The maximum absolute atomic E-state index is 13.8. The summed E-state index contributed by atoms with van der Waals surface area (Å²) in [5, 5.41) is 2.80. The number of aromatic nitrogens is 3. The molecule has 7 heteroatoms. The first-order chi connectivity index (χ1) is 13.6. The maximum atomic E-state index is 13.8. The fourth-order valence-electron chi connectivity index (χ4n) is 2.94. The Bertz CT molecular complexity index is 1120. The lowest BCUT2D eigenvalue weighted by molar-refractivity contribution is -0.115. The molecule has 1 amide bonds. The molecule has 2 aromatic heterocycles. The molecule has 0 unspecified atom stereocenters. The van der Waals surface area contributed by atoms with Crippen LogP contribution in [-0.4, -0.2) is 27.4 Å². The van der Waals surface area contributed by atoms with Crippen molar-refractivity contribution in [1.82, 2.24) is 14.4 Å². The summed E-state index contributed by atoms with van der Waals surface area (Å²) in [6.07, 6.45) is 5.32. The Hall–Kier alpha value is -3.74. The second-order valence-electron chi connectivity index (χ2n) is 6.18. The summed E-state index contributed by atoms with van der Waals surface area (Å²) < 4.78 is 21.0. The largest absolute Gasteiger partial charge is 0.495 e. The number of amides is 1. The summed E-state index contributed by atoms with van der Waals surface area (Å²) >= 11 is 0. The number of imidazole rings is 1. The van der Waals surface area contributed by atoms with Crippen LogP contribution in [0.4, 0.5) is 10.1 Å². The number of fused-ring (bicyclic) bond motifs is 1. The van der Waals surface area contributed by atoms with Gasteiger partial charge in [0, 0.05) is 24.2 Å². The van der Waals surface area contributed by atoms with E-state index in [0.29, 0.717) is 28.5 Å². The predicted molar refractivity (Wildman–Crippen MR) is 104 cm³/mol. The summed E-state index contributed by atoms with van der Waals surface area (Å²) in [5.74, 6) is 0.346. The minimum absolute atomic E-state index is 0.0711. The van der Waals surface area contributed by atoms with Gasteiger partial charge in [0.2, 0.25) is 11.7 Å². The fourth-order valence-corrected chi connectivity index (χ4v) is 2.94. The Kier molecular flexibility index (Phi) is 4.72. The van der Waals surface area contributed by atoms with Crippen molar-refractivity contribution < 1.29 is 13.9 Å². The summed E-state index contributed by atoms with van der Waals surface area (Å²) in [5.41, 5.74) is 2.34. The van der Waals surface area contributed by atoms with Gasteiger partial charge in [-0.1, -0.05) is 18.2 Å². The van der Waals surface area contributed by atoms with Gasteiger partial charge in [0.15, 0.2) is 0 Å². The first-order valence-electron chi connectivity index (χ1n) is 8.65. The van der Waals surface area contributed by atoms with E-state index in [1.54, 1.807) is 36.5 Å². The minimum atomic E-state index is -0.407. The molecular formula is C21H17FN4O2. The van der Waals surface area contributed by atoms with Crippen molar-refractivity contribution in [2.75, 3.05) is 12.4 Å². The van der Waals surface area contributed by atoms with E-state index in [-0.39, 0.29) is 12.3 Å². The van der Waals surface area contributed by atoms with Crippen LogP contribution in [0.2, 0.25) is 0 Å². The highest BCUT2D eigenvalue weighted by Crippen LogP contribution is 2.30. The number of hydrogen-bond acceptors (Lipinski definition) is 4. The van der Waals surface area contributed by atoms with Gasteiger partial charge in [-0.3, -0.25) is 9.20 Å². The fraction of sp³-hybridized carbons (Fsp3) is 0.0952. The van der Waals surface area contributed by atoms with Gasteiger partial charge in [0.25, 0.3) is 0 Å². The third kappa shape index (κ3) is 3.55. The molecule has 0 saturated heterocycles. The van der Waals surface area contributed by atoms with Gasteiger partial charge in [-0.15, -0.1) is 0 Å². The van der Waals surface area contributed by atoms with Gasteiger partial charge < -0.3 is 10.1 Å². The van der Waals surface area contributed by atoms with E-state index in [4.69, 9.17) is 4.74 Å².